The minimum absolute atomic E-state index is 0.0653. The third kappa shape index (κ3) is 1.84. The molecular weight excluding hydrogens is 240 g/mol. The van der Waals surface area contributed by atoms with Crippen LogP contribution in [-0.2, 0) is 4.79 Å². The Hall–Kier alpha value is -2.02. The predicted molar refractivity (Wildman–Crippen MR) is 53.0 cm³/mol. The van der Waals surface area contributed by atoms with E-state index in [4.69, 9.17) is 16.7 Å². The number of amides is 1. The van der Waals surface area contributed by atoms with Crippen molar-refractivity contribution in [1.29, 1.82) is 0 Å². The van der Waals surface area contributed by atoms with E-state index in [-0.39, 0.29) is 4.73 Å². The molecule has 1 rings (SSSR count). The van der Waals surface area contributed by atoms with E-state index in [0.717, 1.165) is 0 Å². The fraction of sp³-hybridized carbons (Fsp3) is 0.125. The van der Waals surface area contributed by atoms with Crippen LogP contribution in [0.15, 0.2) is 10.9 Å². The maximum Gasteiger partial charge on any atom is 0.293 e. The lowest BCUT2D eigenvalue weighted by molar-refractivity contribution is -0.116. The molecule has 1 aromatic heterocycles. The van der Waals surface area contributed by atoms with Crippen LogP contribution in [0.4, 0.5) is 0 Å². The molecule has 8 heteroatoms. The normalized spacial score (nSPS) is 9.88. The van der Waals surface area contributed by atoms with Gasteiger partial charge in [0.2, 0.25) is 11.2 Å². The molecule has 7 nitrogen and oxygen atoms in total. The van der Waals surface area contributed by atoms with E-state index in [1.165, 1.54) is 7.05 Å². The highest BCUT2D eigenvalue weighted by atomic mass is 35.5. The number of rotatable bonds is 2. The quantitative estimate of drug-likeness (QED) is 0.279. The Balaban J connectivity index is 3.42. The van der Waals surface area contributed by atoms with E-state index in [1.54, 1.807) is 0 Å². The Morgan fingerprint density at radius 2 is 2.06 bits per heavy atom. The summed E-state index contributed by atoms with van der Waals surface area (Å²) in [5, 5.41) is 19.6. The Bertz CT molecular complexity index is 522. The third-order valence-electron chi connectivity index (χ3n) is 1.78. The van der Waals surface area contributed by atoms with Gasteiger partial charge in [-0.2, -0.15) is 4.73 Å². The molecule has 16 heavy (non-hydrogen) atoms. The smallest absolute Gasteiger partial charge is 0.293 e. The van der Waals surface area contributed by atoms with E-state index in [0.29, 0.717) is 6.07 Å². The SMILES string of the molecule is CNC(=O)C(=O)c1cc(=O)c(O)c(Cl)n1O. The highest BCUT2D eigenvalue weighted by Crippen LogP contribution is 2.18. The average molecular weight is 247 g/mol. The van der Waals surface area contributed by atoms with Crippen molar-refractivity contribution in [3.05, 3.63) is 27.1 Å². The molecule has 0 bridgehead atoms. The Kier molecular flexibility index (Phi) is 3.19. The van der Waals surface area contributed by atoms with Crippen LogP contribution in [0.25, 0.3) is 0 Å². The first-order chi connectivity index (χ1) is 7.40. The largest absolute Gasteiger partial charge is 0.502 e. The molecule has 1 heterocycles. The molecule has 1 aromatic rings. The van der Waals surface area contributed by atoms with Crippen LogP contribution < -0.4 is 10.7 Å². The van der Waals surface area contributed by atoms with Gasteiger partial charge in [0.05, 0.1) is 0 Å². The van der Waals surface area contributed by atoms with Crippen LogP contribution in [-0.4, -0.2) is 33.8 Å². The van der Waals surface area contributed by atoms with Crippen molar-refractivity contribution >= 4 is 23.3 Å². The van der Waals surface area contributed by atoms with Gasteiger partial charge >= 0.3 is 0 Å². The minimum atomic E-state index is -1.15. The summed E-state index contributed by atoms with van der Waals surface area (Å²) >= 11 is 5.36. The highest BCUT2D eigenvalue weighted by Gasteiger charge is 2.22. The number of pyridine rings is 1. The number of carbonyl (C=O) groups is 2. The lowest BCUT2D eigenvalue weighted by Crippen LogP contribution is -2.30. The molecular formula is C8H7ClN2O5. The van der Waals surface area contributed by atoms with Gasteiger partial charge in [0, 0.05) is 13.1 Å². The second-order valence-electron chi connectivity index (χ2n) is 2.75. The molecule has 86 valence electrons. The second kappa shape index (κ2) is 4.23. The van der Waals surface area contributed by atoms with Crippen LogP contribution in [0.3, 0.4) is 0 Å². The molecule has 3 N–H and O–H groups in total. The van der Waals surface area contributed by atoms with E-state index < -0.39 is 33.7 Å². The van der Waals surface area contributed by atoms with Crippen molar-refractivity contribution in [2.45, 2.75) is 0 Å². The number of nitrogens with one attached hydrogen (secondary N) is 1. The molecule has 0 saturated carbocycles. The fourth-order valence-electron chi connectivity index (χ4n) is 0.953. The topological polar surface area (TPSA) is 109 Å². The summed E-state index contributed by atoms with van der Waals surface area (Å²) in [7, 11) is 1.21. The predicted octanol–water partition coefficient (Wildman–Crippen LogP) is -0.627. The maximum absolute atomic E-state index is 11.3. The van der Waals surface area contributed by atoms with Crippen molar-refractivity contribution in [2.24, 2.45) is 0 Å². The average Bonchev–Trinajstić information content (AvgIpc) is 2.29. The van der Waals surface area contributed by atoms with Crippen molar-refractivity contribution in [1.82, 2.24) is 10.0 Å². The zero-order valence-corrected chi connectivity index (χ0v) is 8.78. The minimum Gasteiger partial charge on any atom is -0.502 e. The monoisotopic (exact) mass is 246 g/mol. The van der Waals surface area contributed by atoms with E-state index >= 15 is 0 Å². The number of hydrogen-bond acceptors (Lipinski definition) is 5. The summed E-state index contributed by atoms with van der Waals surface area (Å²) in [4.78, 5) is 33.4. The molecule has 0 aliphatic carbocycles. The van der Waals surface area contributed by atoms with Crippen molar-refractivity contribution in [3.8, 4) is 5.75 Å². The van der Waals surface area contributed by atoms with Gasteiger partial charge in [-0.25, -0.2) is 0 Å². The number of carbonyl (C=O) groups excluding carboxylic acids is 2. The summed E-state index contributed by atoms with van der Waals surface area (Å²) in [6, 6.07) is 0.610. The van der Waals surface area contributed by atoms with Crippen LogP contribution in [0.5, 0.6) is 5.75 Å². The number of aromatic nitrogens is 1. The van der Waals surface area contributed by atoms with E-state index in [9.17, 15) is 19.6 Å². The van der Waals surface area contributed by atoms with Crippen molar-refractivity contribution in [3.63, 3.8) is 0 Å². The van der Waals surface area contributed by atoms with Crippen molar-refractivity contribution in [2.75, 3.05) is 7.05 Å². The Morgan fingerprint density at radius 1 is 1.50 bits per heavy atom. The summed E-state index contributed by atoms with van der Waals surface area (Å²) in [6.07, 6.45) is 0. The number of halogens is 1. The van der Waals surface area contributed by atoms with Gasteiger partial charge in [-0.05, 0) is 0 Å². The first-order valence-electron chi connectivity index (χ1n) is 4.00. The third-order valence-corrected chi connectivity index (χ3v) is 2.12. The maximum atomic E-state index is 11.3. The van der Waals surface area contributed by atoms with E-state index in [1.807, 2.05) is 5.32 Å². The molecule has 0 saturated heterocycles. The standard InChI is InChI=1S/C8H7ClN2O5/c1-10-8(15)5(13)3-2-4(12)6(14)7(9)11(3)16/h2,14,16H,1H3,(H,10,15). The van der Waals surface area contributed by atoms with Gasteiger partial charge in [0.1, 0.15) is 5.69 Å². The van der Waals surface area contributed by atoms with Crippen LogP contribution in [0.1, 0.15) is 10.5 Å². The lowest BCUT2D eigenvalue weighted by atomic mass is 10.2. The fourth-order valence-corrected chi connectivity index (χ4v) is 1.14. The first-order valence-corrected chi connectivity index (χ1v) is 4.38. The van der Waals surface area contributed by atoms with Gasteiger partial charge in [-0.3, -0.25) is 14.4 Å². The molecule has 0 fully saturated rings. The van der Waals surface area contributed by atoms with Gasteiger partial charge in [-0.15, -0.1) is 0 Å². The molecule has 1 amide bonds. The number of nitrogens with zero attached hydrogens (tertiary/aromatic N) is 1. The van der Waals surface area contributed by atoms with Gasteiger partial charge in [0.25, 0.3) is 11.7 Å². The van der Waals surface area contributed by atoms with Crippen LogP contribution in [0.2, 0.25) is 5.15 Å². The van der Waals surface area contributed by atoms with Gasteiger partial charge < -0.3 is 15.6 Å². The van der Waals surface area contributed by atoms with Crippen molar-refractivity contribution < 1.29 is 19.9 Å². The molecule has 0 spiro atoms. The molecule has 0 aliphatic rings. The molecule has 0 radical (unpaired) electrons. The zero-order valence-electron chi connectivity index (χ0n) is 8.02. The number of ketones is 1. The zero-order chi connectivity index (χ0) is 12.5. The summed E-state index contributed by atoms with van der Waals surface area (Å²) < 4.78 is 0.0653. The Morgan fingerprint density at radius 3 is 2.56 bits per heavy atom. The number of Topliss-reactive ketones (excluding diaryl/α,β-unsaturated/α-hetero) is 1. The summed E-state index contributed by atoms with van der Waals surface area (Å²) in [5.74, 6) is -3.08. The van der Waals surface area contributed by atoms with Gasteiger partial charge in [0.15, 0.2) is 5.15 Å². The molecule has 0 aromatic carbocycles. The Labute approximate surface area is 93.8 Å². The number of aromatic hydroxyl groups is 1. The first kappa shape index (κ1) is 12.1. The van der Waals surface area contributed by atoms with Crippen LogP contribution in [0, 0.1) is 0 Å². The van der Waals surface area contributed by atoms with E-state index in [2.05, 4.69) is 0 Å². The number of likely N-dealkylation sites (N-methyl/N-ethyl adjacent to an activating group) is 1. The van der Waals surface area contributed by atoms with Crippen LogP contribution >= 0.6 is 11.6 Å². The molecule has 0 atom stereocenters. The highest BCUT2D eigenvalue weighted by molar-refractivity contribution is 6.42. The second-order valence-corrected chi connectivity index (χ2v) is 3.11. The summed E-state index contributed by atoms with van der Waals surface area (Å²) in [6.45, 7) is 0. The molecule has 0 aliphatic heterocycles. The van der Waals surface area contributed by atoms with Gasteiger partial charge in [-0.1, -0.05) is 11.6 Å². The lowest BCUT2D eigenvalue weighted by Gasteiger charge is -2.07. The molecule has 0 unspecified atom stereocenters. The summed E-state index contributed by atoms with van der Waals surface area (Å²) in [5.41, 5.74) is -1.60. The number of hydrogen-bond donors (Lipinski definition) is 3.